The standard InChI is InChI=1S/C26H33FN4O4/c1-8-10-17(9-2)26(6,25(28)35)30-24(34)22(32)21-15(4)20(16(5)31(21)7)23(33)29-18-11-12-19(27)14(3)13-18/h8,11-13,17H,1,9-10H2,2-7H3,(H2,28,35)(H,29,33)(H,30,34). The summed E-state index contributed by atoms with van der Waals surface area (Å²) >= 11 is 0. The summed E-state index contributed by atoms with van der Waals surface area (Å²) < 4.78 is 15.0. The molecule has 0 aliphatic rings. The first-order valence-corrected chi connectivity index (χ1v) is 11.3. The highest BCUT2D eigenvalue weighted by atomic mass is 19.1. The lowest BCUT2D eigenvalue weighted by Gasteiger charge is -2.34. The van der Waals surface area contributed by atoms with E-state index in [0.29, 0.717) is 35.3 Å². The summed E-state index contributed by atoms with van der Waals surface area (Å²) in [6.45, 7) is 11.8. The predicted octanol–water partition coefficient (Wildman–Crippen LogP) is 3.49. The van der Waals surface area contributed by atoms with Crippen LogP contribution in [0, 0.1) is 32.5 Å². The van der Waals surface area contributed by atoms with Gasteiger partial charge in [0, 0.05) is 18.4 Å². The van der Waals surface area contributed by atoms with Gasteiger partial charge in [0.2, 0.25) is 5.91 Å². The fourth-order valence-corrected chi connectivity index (χ4v) is 4.33. The second-order valence-corrected chi connectivity index (χ2v) is 8.89. The van der Waals surface area contributed by atoms with E-state index in [4.69, 9.17) is 5.73 Å². The maximum atomic E-state index is 13.6. The Morgan fingerprint density at radius 2 is 1.86 bits per heavy atom. The van der Waals surface area contributed by atoms with Crippen LogP contribution in [0.5, 0.6) is 0 Å². The van der Waals surface area contributed by atoms with Crippen molar-refractivity contribution < 1.29 is 23.6 Å². The molecule has 0 aliphatic carbocycles. The molecule has 1 aromatic heterocycles. The van der Waals surface area contributed by atoms with E-state index in [1.54, 1.807) is 33.9 Å². The molecule has 2 aromatic rings. The van der Waals surface area contributed by atoms with Gasteiger partial charge in [0.25, 0.3) is 17.6 Å². The van der Waals surface area contributed by atoms with Gasteiger partial charge >= 0.3 is 0 Å². The average molecular weight is 485 g/mol. The van der Waals surface area contributed by atoms with Crippen LogP contribution in [-0.2, 0) is 16.6 Å². The number of hydrogen-bond acceptors (Lipinski definition) is 4. The smallest absolute Gasteiger partial charge is 0.294 e. The molecule has 1 heterocycles. The fraction of sp³-hybridized carbons (Fsp3) is 0.385. The van der Waals surface area contributed by atoms with Crippen LogP contribution in [0.4, 0.5) is 10.1 Å². The van der Waals surface area contributed by atoms with Gasteiger partial charge in [-0.1, -0.05) is 19.4 Å². The molecule has 0 radical (unpaired) electrons. The van der Waals surface area contributed by atoms with E-state index >= 15 is 0 Å². The Balaban J connectivity index is 2.39. The van der Waals surface area contributed by atoms with E-state index in [0.717, 1.165) is 0 Å². The summed E-state index contributed by atoms with van der Waals surface area (Å²) in [5.41, 5.74) is 5.91. The normalized spacial score (nSPS) is 13.5. The topological polar surface area (TPSA) is 123 Å². The number of primary amides is 1. The van der Waals surface area contributed by atoms with Crippen molar-refractivity contribution in [3.8, 4) is 0 Å². The zero-order valence-electron chi connectivity index (χ0n) is 21.0. The summed E-state index contributed by atoms with van der Waals surface area (Å²) in [6.07, 6.45) is 2.57. The van der Waals surface area contributed by atoms with Crippen molar-refractivity contribution in [1.29, 1.82) is 0 Å². The number of carbonyl (C=O) groups is 4. The minimum absolute atomic E-state index is 0.0176. The van der Waals surface area contributed by atoms with Crippen molar-refractivity contribution in [3.05, 3.63) is 64.7 Å². The zero-order valence-corrected chi connectivity index (χ0v) is 21.0. The van der Waals surface area contributed by atoms with Crippen LogP contribution in [0.1, 0.15) is 64.4 Å². The third-order valence-corrected chi connectivity index (χ3v) is 6.64. The molecule has 0 saturated heterocycles. The van der Waals surface area contributed by atoms with Crippen LogP contribution < -0.4 is 16.4 Å². The lowest BCUT2D eigenvalue weighted by Crippen LogP contribution is -2.61. The molecule has 35 heavy (non-hydrogen) atoms. The second kappa shape index (κ2) is 10.7. The number of anilines is 1. The largest absolute Gasteiger partial charge is 0.368 e. The highest BCUT2D eigenvalue weighted by molar-refractivity contribution is 6.43. The number of carbonyl (C=O) groups excluding carboxylic acids is 4. The van der Waals surface area contributed by atoms with Gasteiger partial charge in [-0.05, 0) is 69.4 Å². The first-order valence-electron chi connectivity index (χ1n) is 11.3. The maximum Gasteiger partial charge on any atom is 0.294 e. The Kier molecular flexibility index (Phi) is 8.38. The number of ketones is 1. The van der Waals surface area contributed by atoms with E-state index < -0.39 is 34.9 Å². The van der Waals surface area contributed by atoms with Crippen molar-refractivity contribution >= 4 is 29.2 Å². The number of rotatable bonds is 10. The molecule has 188 valence electrons. The van der Waals surface area contributed by atoms with E-state index in [1.807, 2.05) is 6.92 Å². The van der Waals surface area contributed by atoms with Gasteiger partial charge in [-0.25, -0.2) is 4.39 Å². The third-order valence-electron chi connectivity index (χ3n) is 6.64. The zero-order chi connectivity index (χ0) is 26.7. The number of halogens is 1. The van der Waals surface area contributed by atoms with Crippen LogP contribution in [0.3, 0.4) is 0 Å². The SMILES string of the molecule is C=CCC(CC)C(C)(NC(=O)C(=O)c1c(C)c(C(=O)Nc2ccc(F)c(C)c2)c(C)n1C)C(N)=O. The number of nitrogens with two attached hydrogens (primary N) is 1. The molecule has 2 unspecified atom stereocenters. The van der Waals surface area contributed by atoms with E-state index in [-0.39, 0.29) is 17.2 Å². The molecule has 4 N–H and O–H groups in total. The number of allylic oxidation sites excluding steroid dienone is 1. The van der Waals surface area contributed by atoms with Gasteiger partial charge < -0.3 is 20.9 Å². The van der Waals surface area contributed by atoms with Crippen molar-refractivity contribution in [2.75, 3.05) is 5.32 Å². The molecular formula is C26H33FN4O4. The Morgan fingerprint density at radius 1 is 1.23 bits per heavy atom. The van der Waals surface area contributed by atoms with Crippen molar-refractivity contribution in [2.24, 2.45) is 18.7 Å². The molecule has 0 saturated carbocycles. The second-order valence-electron chi connectivity index (χ2n) is 8.89. The monoisotopic (exact) mass is 484 g/mol. The van der Waals surface area contributed by atoms with E-state index in [9.17, 15) is 23.6 Å². The Hall–Kier alpha value is -3.75. The van der Waals surface area contributed by atoms with Gasteiger partial charge in [0.15, 0.2) is 0 Å². The van der Waals surface area contributed by atoms with E-state index in [1.165, 1.54) is 29.7 Å². The summed E-state index contributed by atoms with van der Waals surface area (Å²) in [4.78, 5) is 51.5. The summed E-state index contributed by atoms with van der Waals surface area (Å²) in [5.74, 6) is -3.91. The number of nitrogens with one attached hydrogen (secondary N) is 2. The van der Waals surface area contributed by atoms with E-state index in [2.05, 4.69) is 17.2 Å². The van der Waals surface area contributed by atoms with Crippen LogP contribution >= 0.6 is 0 Å². The van der Waals surface area contributed by atoms with Crippen LogP contribution in [0.15, 0.2) is 30.9 Å². The molecule has 2 atom stereocenters. The Labute approximate surface area is 204 Å². The summed E-state index contributed by atoms with van der Waals surface area (Å²) in [7, 11) is 1.57. The van der Waals surface area contributed by atoms with Crippen LogP contribution in [0.25, 0.3) is 0 Å². The number of aromatic nitrogens is 1. The van der Waals surface area contributed by atoms with Crippen LogP contribution in [0.2, 0.25) is 0 Å². The highest BCUT2D eigenvalue weighted by Gasteiger charge is 2.41. The molecule has 0 bridgehead atoms. The predicted molar refractivity (Wildman–Crippen MR) is 133 cm³/mol. The lowest BCUT2D eigenvalue weighted by molar-refractivity contribution is -0.131. The molecule has 3 amide bonds. The number of Topliss-reactive ketones (excluding diaryl/α,β-unsaturated/α-hetero) is 1. The highest BCUT2D eigenvalue weighted by Crippen LogP contribution is 2.27. The number of nitrogens with zero attached hydrogens (tertiary/aromatic N) is 1. The summed E-state index contributed by atoms with van der Waals surface area (Å²) in [5, 5.41) is 5.24. The molecule has 2 rings (SSSR count). The number of amides is 3. The Bertz CT molecular complexity index is 1200. The minimum Gasteiger partial charge on any atom is -0.368 e. The molecule has 9 heteroatoms. The van der Waals surface area contributed by atoms with Gasteiger partial charge in [-0.15, -0.1) is 6.58 Å². The lowest BCUT2D eigenvalue weighted by atomic mass is 9.80. The minimum atomic E-state index is -1.47. The molecule has 0 aliphatic heterocycles. The first kappa shape index (κ1) is 27.5. The molecule has 0 spiro atoms. The first-order chi connectivity index (χ1) is 16.3. The van der Waals surface area contributed by atoms with Crippen molar-refractivity contribution in [3.63, 3.8) is 0 Å². The van der Waals surface area contributed by atoms with Crippen molar-refractivity contribution in [2.45, 2.75) is 53.0 Å². The van der Waals surface area contributed by atoms with Gasteiger partial charge in [0.1, 0.15) is 11.4 Å². The van der Waals surface area contributed by atoms with Gasteiger partial charge in [-0.2, -0.15) is 0 Å². The molecule has 0 fully saturated rings. The summed E-state index contributed by atoms with van der Waals surface area (Å²) in [6, 6.07) is 4.18. The molecule has 1 aromatic carbocycles. The van der Waals surface area contributed by atoms with Gasteiger partial charge in [-0.3, -0.25) is 19.2 Å². The number of hydrogen-bond donors (Lipinski definition) is 3. The number of aryl methyl sites for hydroxylation is 1. The molecule has 8 nitrogen and oxygen atoms in total. The Morgan fingerprint density at radius 3 is 2.37 bits per heavy atom. The fourth-order valence-electron chi connectivity index (χ4n) is 4.33. The quantitative estimate of drug-likeness (QED) is 0.271. The van der Waals surface area contributed by atoms with Crippen molar-refractivity contribution in [1.82, 2.24) is 9.88 Å². The van der Waals surface area contributed by atoms with Gasteiger partial charge in [0.05, 0.1) is 11.3 Å². The third kappa shape index (κ3) is 5.34. The number of benzene rings is 1. The van der Waals surface area contributed by atoms with Crippen LogP contribution in [-0.4, -0.2) is 33.6 Å². The average Bonchev–Trinajstić information content (AvgIpc) is 3.01. The molecular weight excluding hydrogens is 451 g/mol. The maximum absolute atomic E-state index is 13.6.